The summed E-state index contributed by atoms with van der Waals surface area (Å²) < 4.78 is 16.0. The van der Waals surface area contributed by atoms with Gasteiger partial charge in [0.15, 0.2) is 0 Å². The van der Waals surface area contributed by atoms with E-state index in [1.807, 2.05) is 10.6 Å². The maximum atomic E-state index is 14.0. The summed E-state index contributed by atoms with van der Waals surface area (Å²) in [4.78, 5) is 8.31. The summed E-state index contributed by atoms with van der Waals surface area (Å²) in [5.74, 6) is -0.496. The molecule has 4 rings (SSSR count). The Balaban J connectivity index is 1.72. The number of hydrogen-bond acceptors (Lipinski definition) is 3. The van der Waals surface area contributed by atoms with E-state index in [1.54, 1.807) is 31.0 Å². The predicted octanol–water partition coefficient (Wildman–Crippen LogP) is 3.76. The highest BCUT2D eigenvalue weighted by Gasteiger charge is 2.31. The van der Waals surface area contributed by atoms with Gasteiger partial charge in [-0.3, -0.25) is 4.98 Å². The van der Waals surface area contributed by atoms with Gasteiger partial charge in [-0.1, -0.05) is 17.7 Å². The standard InChI is InChI=1S/C17H13ClFN3O/c18-12-2-1-3-13(19)17(12)16(23)6-14-10-4-5-20-7-11(10)15-8-21-9-22(14)15/h1-5,7-9,14,16,23H,6H2. The minimum absolute atomic E-state index is 0.129. The molecule has 2 atom stereocenters. The molecule has 23 heavy (non-hydrogen) atoms. The predicted molar refractivity (Wildman–Crippen MR) is 84.6 cm³/mol. The summed E-state index contributed by atoms with van der Waals surface area (Å²) in [6.07, 6.45) is 6.28. The molecule has 6 heteroatoms. The van der Waals surface area contributed by atoms with Crippen LogP contribution in [0.4, 0.5) is 4.39 Å². The molecule has 3 aromatic rings. The van der Waals surface area contributed by atoms with Crippen LogP contribution in [-0.2, 0) is 0 Å². The number of rotatable bonds is 3. The fourth-order valence-electron chi connectivity index (χ4n) is 3.22. The van der Waals surface area contributed by atoms with Gasteiger partial charge in [-0.05, 0) is 23.8 Å². The van der Waals surface area contributed by atoms with Gasteiger partial charge in [-0.25, -0.2) is 9.37 Å². The Labute approximate surface area is 137 Å². The van der Waals surface area contributed by atoms with E-state index in [0.717, 1.165) is 16.8 Å². The Morgan fingerprint density at radius 2 is 2.13 bits per heavy atom. The average molecular weight is 330 g/mol. The van der Waals surface area contributed by atoms with E-state index in [2.05, 4.69) is 9.97 Å². The summed E-state index contributed by atoms with van der Waals surface area (Å²) in [5, 5.41) is 10.8. The summed E-state index contributed by atoms with van der Waals surface area (Å²) in [6.45, 7) is 0. The van der Waals surface area contributed by atoms with Gasteiger partial charge in [0.25, 0.3) is 0 Å². The molecular formula is C17H13ClFN3O. The molecule has 3 heterocycles. The Morgan fingerprint density at radius 3 is 2.96 bits per heavy atom. The highest BCUT2D eigenvalue weighted by Crippen LogP contribution is 2.43. The van der Waals surface area contributed by atoms with Crippen LogP contribution in [0.25, 0.3) is 11.3 Å². The molecular weight excluding hydrogens is 317 g/mol. The van der Waals surface area contributed by atoms with Gasteiger partial charge in [-0.15, -0.1) is 0 Å². The third-order valence-electron chi connectivity index (χ3n) is 4.27. The molecule has 0 fully saturated rings. The third kappa shape index (κ3) is 2.24. The van der Waals surface area contributed by atoms with Gasteiger partial charge >= 0.3 is 0 Å². The van der Waals surface area contributed by atoms with Crippen molar-refractivity contribution in [1.82, 2.24) is 14.5 Å². The number of benzene rings is 1. The van der Waals surface area contributed by atoms with Gasteiger partial charge in [0.05, 0.1) is 30.4 Å². The molecule has 2 unspecified atom stereocenters. The topological polar surface area (TPSA) is 50.9 Å². The number of pyridine rings is 1. The molecule has 0 saturated heterocycles. The monoisotopic (exact) mass is 329 g/mol. The van der Waals surface area contributed by atoms with Crippen molar-refractivity contribution in [1.29, 1.82) is 0 Å². The first-order valence-electron chi connectivity index (χ1n) is 7.25. The van der Waals surface area contributed by atoms with Gasteiger partial charge < -0.3 is 9.67 Å². The smallest absolute Gasteiger partial charge is 0.130 e. The maximum Gasteiger partial charge on any atom is 0.130 e. The van der Waals surface area contributed by atoms with Crippen LogP contribution in [0.3, 0.4) is 0 Å². The second-order valence-corrected chi connectivity index (χ2v) is 5.96. The zero-order chi connectivity index (χ0) is 16.0. The van der Waals surface area contributed by atoms with Crippen molar-refractivity contribution in [3.8, 4) is 11.3 Å². The van der Waals surface area contributed by atoms with Gasteiger partial charge in [0, 0.05) is 35.0 Å². The first-order chi connectivity index (χ1) is 11.2. The number of nitrogens with zero attached hydrogens (tertiary/aromatic N) is 3. The quantitative estimate of drug-likeness (QED) is 0.796. The van der Waals surface area contributed by atoms with Gasteiger partial charge in [0.2, 0.25) is 0 Å². The number of halogens is 2. The molecule has 0 saturated carbocycles. The van der Waals surface area contributed by atoms with Crippen molar-refractivity contribution < 1.29 is 9.50 Å². The van der Waals surface area contributed by atoms with E-state index in [4.69, 9.17) is 11.6 Å². The number of aliphatic hydroxyl groups excluding tert-OH is 1. The van der Waals surface area contributed by atoms with E-state index < -0.39 is 11.9 Å². The van der Waals surface area contributed by atoms with Crippen LogP contribution in [0, 0.1) is 5.82 Å². The number of aliphatic hydroxyl groups is 1. The molecule has 0 bridgehead atoms. The second kappa shape index (κ2) is 5.44. The maximum absolute atomic E-state index is 14.0. The molecule has 2 aromatic heterocycles. The van der Waals surface area contributed by atoms with Gasteiger partial charge in [0.1, 0.15) is 5.82 Å². The van der Waals surface area contributed by atoms with E-state index in [-0.39, 0.29) is 16.6 Å². The zero-order valence-electron chi connectivity index (χ0n) is 12.0. The molecule has 1 aromatic carbocycles. The Kier molecular flexibility index (Phi) is 3.39. The van der Waals surface area contributed by atoms with E-state index in [1.165, 1.54) is 12.1 Å². The lowest BCUT2D eigenvalue weighted by molar-refractivity contribution is 0.149. The number of imidazole rings is 1. The molecule has 116 valence electrons. The van der Waals surface area contributed by atoms with Crippen LogP contribution in [0.1, 0.15) is 29.7 Å². The summed E-state index contributed by atoms with van der Waals surface area (Å²) in [6, 6.07) is 6.20. The van der Waals surface area contributed by atoms with Crippen LogP contribution in [-0.4, -0.2) is 19.6 Å². The van der Waals surface area contributed by atoms with Crippen LogP contribution in [0.2, 0.25) is 5.02 Å². The van der Waals surface area contributed by atoms with Crippen molar-refractivity contribution in [2.45, 2.75) is 18.6 Å². The lowest BCUT2D eigenvalue weighted by Gasteiger charge is -2.20. The van der Waals surface area contributed by atoms with Crippen molar-refractivity contribution in [2.75, 3.05) is 0 Å². The van der Waals surface area contributed by atoms with Crippen LogP contribution < -0.4 is 0 Å². The molecule has 1 aliphatic heterocycles. The number of fused-ring (bicyclic) bond motifs is 3. The van der Waals surface area contributed by atoms with Gasteiger partial charge in [-0.2, -0.15) is 0 Å². The zero-order valence-corrected chi connectivity index (χ0v) is 12.8. The van der Waals surface area contributed by atoms with Crippen molar-refractivity contribution in [3.63, 3.8) is 0 Å². The summed E-state index contributed by atoms with van der Waals surface area (Å²) >= 11 is 6.06. The minimum Gasteiger partial charge on any atom is -0.388 e. The minimum atomic E-state index is -1.01. The molecule has 0 aliphatic carbocycles. The summed E-state index contributed by atoms with van der Waals surface area (Å²) in [7, 11) is 0. The SMILES string of the molecule is OC(CC1c2ccncc2-c2cncn21)c1c(F)cccc1Cl. The Hall–Kier alpha value is -2.24. The molecule has 1 aliphatic rings. The molecule has 0 amide bonds. The lowest BCUT2D eigenvalue weighted by Crippen LogP contribution is -2.12. The fourth-order valence-corrected chi connectivity index (χ4v) is 3.51. The largest absolute Gasteiger partial charge is 0.388 e. The molecule has 4 nitrogen and oxygen atoms in total. The fraction of sp³-hybridized carbons (Fsp3) is 0.176. The highest BCUT2D eigenvalue weighted by atomic mass is 35.5. The average Bonchev–Trinajstić information content (AvgIpc) is 3.10. The molecule has 0 radical (unpaired) electrons. The Morgan fingerprint density at radius 1 is 1.26 bits per heavy atom. The van der Waals surface area contributed by atoms with Crippen LogP contribution >= 0.6 is 11.6 Å². The van der Waals surface area contributed by atoms with Crippen LogP contribution in [0.15, 0.2) is 49.2 Å². The normalized spacial score (nSPS) is 16.9. The number of aromatic nitrogens is 3. The van der Waals surface area contributed by atoms with Crippen molar-refractivity contribution >= 4 is 11.6 Å². The second-order valence-electron chi connectivity index (χ2n) is 5.55. The number of hydrogen-bond donors (Lipinski definition) is 1. The summed E-state index contributed by atoms with van der Waals surface area (Å²) in [5.41, 5.74) is 3.12. The first kappa shape index (κ1) is 14.4. The van der Waals surface area contributed by atoms with E-state index >= 15 is 0 Å². The van der Waals surface area contributed by atoms with Crippen molar-refractivity contribution in [2.24, 2.45) is 0 Å². The lowest BCUT2D eigenvalue weighted by atomic mass is 9.96. The van der Waals surface area contributed by atoms with Crippen LogP contribution in [0.5, 0.6) is 0 Å². The third-order valence-corrected chi connectivity index (χ3v) is 4.60. The molecule has 0 spiro atoms. The first-order valence-corrected chi connectivity index (χ1v) is 7.62. The van der Waals surface area contributed by atoms with Crippen molar-refractivity contribution in [3.05, 3.63) is 71.2 Å². The van der Waals surface area contributed by atoms with E-state index in [9.17, 15) is 9.50 Å². The van der Waals surface area contributed by atoms with E-state index in [0.29, 0.717) is 6.42 Å². The Bertz CT molecular complexity index is 860. The molecule has 1 N–H and O–H groups in total. The highest BCUT2D eigenvalue weighted by molar-refractivity contribution is 6.31.